The van der Waals surface area contributed by atoms with Crippen LogP contribution in [0, 0.1) is 0 Å². The molecule has 0 saturated heterocycles. The summed E-state index contributed by atoms with van der Waals surface area (Å²) in [5.41, 5.74) is 8.32. The van der Waals surface area contributed by atoms with Crippen molar-refractivity contribution in [2.75, 3.05) is 13.1 Å². The molecule has 0 fully saturated rings. The molecule has 3 N–H and O–H groups in total. The van der Waals surface area contributed by atoms with Crippen LogP contribution in [0.5, 0.6) is 0 Å². The summed E-state index contributed by atoms with van der Waals surface area (Å²) in [6.07, 6.45) is 2.74. The summed E-state index contributed by atoms with van der Waals surface area (Å²) in [6.45, 7) is 2.67. The maximum Gasteiger partial charge on any atom is 0.320 e. The monoisotopic (exact) mass is 248 g/mol. The van der Waals surface area contributed by atoms with Gasteiger partial charge < -0.3 is 10.8 Å². The van der Waals surface area contributed by atoms with Gasteiger partial charge in [-0.2, -0.15) is 0 Å². The largest absolute Gasteiger partial charge is 0.480 e. The van der Waals surface area contributed by atoms with E-state index in [0.29, 0.717) is 6.42 Å². The van der Waals surface area contributed by atoms with Crippen molar-refractivity contribution < 1.29 is 9.90 Å². The fraction of sp³-hybridized carbons (Fsp3) is 0.500. The summed E-state index contributed by atoms with van der Waals surface area (Å²) in [5.74, 6) is -0.912. The molecule has 4 heteroatoms. The van der Waals surface area contributed by atoms with Crippen molar-refractivity contribution in [2.45, 2.75) is 31.8 Å². The van der Waals surface area contributed by atoms with Crippen molar-refractivity contribution in [1.29, 1.82) is 0 Å². The van der Waals surface area contributed by atoms with E-state index in [-0.39, 0.29) is 0 Å². The third-order valence-corrected chi connectivity index (χ3v) is 3.51. The van der Waals surface area contributed by atoms with Crippen molar-refractivity contribution in [2.24, 2.45) is 5.73 Å². The molecule has 0 spiro atoms. The maximum atomic E-state index is 10.7. The third-order valence-electron chi connectivity index (χ3n) is 3.51. The Morgan fingerprint density at radius 2 is 2.11 bits per heavy atom. The molecule has 1 aromatic rings. The molecule has 0 amide bonds. The Kier molecular flexibility index (Phi) is 4.33. The lowest BCUT2D eigenvalue weighted by atomic mass is 10.0. The summed E-state index contributed by atoms with van der Waals surface area (Å²) < 4.78 is 0. The van der Waals surface area contributed by atoms with E-state index >= 15 is 0 Å². The molecule has 18 heavy (non-hydrogen) atoms. The lowest BCUT2D eigenvalue weighted by Gasteiger charge is -2.21. The first-order valence-corrected chi connectivity index (χ1v) is 6.44. The number of aliphatic carboxylic acids is 1. The number of rotatable bonds is 4. The van der Waals surface area contributed by atoms with Crippen molar-refractivity contribution in [1.82, 2.24) is 4.90 Å². The molecule has 0 saturated carbocycles. The SMILES string of the molecule is NC(CCN1CCCc2ccccc2C1)C(=O)O. The van der Waals surface area contributed by atoms with Crippen LogP contribution in [0.3, 0.4) is 0 Å². The summed E-state index contributed by atoms with van der Waals surface area (Å²) in [7, 11) is 0. The van der Waals surface area contributed by atoms with E-state index in [1.807, 2.05) is 0 Å². The smallest absolute Gasteiger partial charge is 0.320 e. The van der Waals surface area contributed by atoms with Crippen LogP contribution in [0.2, 0.25) is 0 Å². The van der Waals surface area contributed by atoms with Gasteiger partial charge in [-0.1, -0.05) is 24.3 Å². The Morgan fingerprint density at radius 1 is 1.39 bits per heavy atom. The maximum absolute atomic E-state index is 10.7. The van der Waals surface area contributed by atoms with E-state index in [0.717, 1.165) is 32.5 Å². The Balaban J connectivity index is 1.94. The van der Waals surface area contributed by atoms with Gasteiger partial charge in [0.25, 0.3) is 0 Å². The van der Waals surface area contributed by atoms with Crippen molar-refractivity contribution in [3.8, 4) is 0 Å². The molecule has 1 aliphatic heterocycles. The first-order valence-electron chi connectivity index (χ1n) is 6.44. The van der Waals surface area contributed by atoms with Gasteiger partial charge in [-0.25, -0.2) is 0 Å². The van der Waals surface area contributed by atoms with Crippen LogP contribution in [-0.4, -0.2) is 35.1 Å². The molecule has 0 aliphatic carbocycles. The van der Waals surface area contributed by atoms with E-state index in [9.17, 15) is 4.79 Å². The predicted molar refractivity (Wildman–Crippen MR) is 70.3 cm³/mol. The Labute approximate surface area is 107 Å². The Hall–Kier alpha value is -1.39. The van der Waals surface area contributed by atoms with E-state index in [1.165, 1.54) is 11.1 Å². The van der Waals surface area contributed by atoms with Gasteiger partial charge in [-0.15, -0.1) is 0 Å². The van der Waals surface area contributed by atoms with Gasteiger partial charge in [-0.3, -0.25) is 9.69 Å². The topological polar surface area (TPSA) is 66.6 Å². The second kappa shape index (κ2) is 5.98. The molecule has 0 radical (unpaired) electrons. The Bertz CT molecular complexity index is 420. The standard InChI is InChI=1S/C14H20N2O2/c15-13(14(17)18)7-9-16-8-3-6-11-4-1-2-5-12(11)10-16/h1-2,4-5,13H,3,6-10,15H2,(H,17,18). The van der Waals surface area contributed by atoms with Gasteiger partial charge in [0.2, 0.25) is 0 Å². The zero-order valence-electron chi connectivity index (χ0n) is 10.5. The third kappa shape index (κ3) is 3.31. The molecular formula is C14H20N2O2. The number of fused-ring (bicyclic) bond motifs is 1. The summed E-state index contributed by atoms with van der Waals surface area (Å²) in [6, 6.07) is 7.73. The minimum atomic E-state index is -0.912. The number of carboxylic acids is 1. The van der Waals surface area contributed by atoms with E-state index < -0.39 is 12.0 Å². The average Bonchev–Trinajstić information content (AvgIpc) is 2.57. The molecule has 98 valence electrons. The van der Waals surface area contributed by atoms with Crippen LogP contribution in [0.1, 0.15) is 24.0 Å². The van der Waals surface area contributed by atoms with E-state index in [2.05, 4.69) is 29.2 Å². The highest BCUT2D eigenvalue weighted by atomic mass is 16.4. The summed E-state index contributed by atoms with van der Waals surface area (Å²) in [5, 5.41) is 8.78. The van der Waals surface area contributed by atoms with Gasteiger partial charge in [0.15, 0.2) is 0 Å². The van der Waals surface area contributed by atoms with E-state index in [4.69, 9.17) is 10.8 Å². The lowest BCUT2D eigenvalue weighted by Crippen LogP contribution is -2.35. The second-order valence-corrected chi connectivity index (χ2v) is 4.88. The minimum Gasteiger partial charge on any atom is -0.480 e. The molecule has 4 nitrogen and oxygen atoms in total. The van der Waals surface area contributed by atoms with Gasteiger partial charge in [0.05, 0.1) is 0 Å². The Morgan fingerprint density at radius 3 is 2.83 bits per heavy atom. The number of nitrogens with zero attached hydrogens (tertiary/aromatic N) is 1. The molecule has 1 heterocycles. The quantitative estimate of drug-likeness (QED) is 0.841. The van der Waals surface area contributed by atoms with Crippen molar-refractivity contribution in [3.63, 3.8) is 0 Å². The van der Waals surface area contributed by atoms with Gasteiger partial charge in [0, 0.05) is 13.1 Å². The second-order valence-electron chi connectivity index (χ2n) is 4.88. The number of nitrogens with two attached hydrogens (primary N) is 1. The van der Waals surface area contributed by atoms with Gasteiger partial charge in [-0.05, 0) is 36.9 Å². The van der Waals surface area contributed by atoms with Crippen LogP contribution in [0.15, 0.2) is 24.3 Å². The van der Waals surface area contributed by atoms with Crippen LogP contribution >= 0.6 is 0 Å². The highest BCUT2D eigenvalue weighted by Gasteiger charge is 2.17. The first-order chi connectivity index (χ1) is 8.66. The number of aryl methyl sites for hydroxylation is 1. The lowest BCUT2D eigenvalue weighted by molar-refractivity contribution is -0.138. The van der Waals surface area contributed by atoms with E-state index in [1.54, 1.807) is 0 Å². The highest BCUT2D eigenvalue weighted by Crippen LogP contribution is 2.18. The predicted octanol–water partition coefficient (Wildman–Crippen LogP) is 1.24. The zero-order valence-corrected chi connectivity index (χ0v) is 10.5. The van der Waals surface area contributed by atoms with Crippen molar-refractivity contribution in [3.05, 3.63) is 35.4 Å². The molecule has 1 atom stereocenters. The number of carboxylic acid groups (broad SMARTS) is 1. The summed E-state index contributed by atoms with van der Waals surface area (Å²) >= 11 is 0. The highest BCUT2D eigenvalue weighted by molar-refractivity contribution is 5.72. The number of carbonyl (C=O) groups is 1. The molecule has 0 bridgehead atoms. The molecule has 1 aliphatic rings. The van der Waals surface area contributed by atoms with Crippen LogP contribution < -0.4 is 5.73 Å². The fourth-order valence-corrected chi connectivity index (χ4v) is 2.40. The van der Waals surface area contributed by atoms with Crippen LogP contribution in [-0.2, 0) is 17.8 Å². The molecule has 0 aromatic heterocycles. The normalized spacial score (nSPS) is 17.8. The number of hydrogen-bond donors (Lipinski definition) is 2. The molecule has 2 rings (SSSR count). The minimum absolute atomic E-state index is 0.511. The average molecular weight is 248 g/mol. The molecule has 1 unspecified atom stereocenters. The number of benzene rings is 1. The van der Waals surface area contributed by atoms with Gasteiger partial charge >= 0.3 is 5.97 Å². The molecular weight excluding hydrogens is 228 g/mol. The molecule has 1 aromatic carbocycles. The van der Waals surface area contributed by atoms with Crippen LogP contribution in [0.4, 0.5) is 0 Å². The van der Waals surface area contributed by atoms with Gasteiger partial charge in [0.1, 0.15) is 6.04 Å². The first kappa shape index (κ1) is 13.1. The fourth-order valence-electron chi connectivity index (χ4n) is 2.40. The van der Waals surface area contributed by atoms with Crippen LogP contribution in [0.25, 0.3) is 0 Å². The summed E-state index contributed by atoms with van der Waals surface area (Å²) in [4.78, 5) is 13.0. The number of hydrogen-bond acceptors (Lipinski definition) is 3. The zero-order chi connectivity index (χ0) is 13.0. The van der Waals surface area contributed by atoms with Crippen molar-refractivity contribution >= 4 is 5.97 Å².